The topological polar surface area (TPSA) is 70.3 Å². The van der Waals surface area contributed by atoms with E-state index in [1.807, 2.05) is 0 Å². The minimum Gasteiger partial charge on any atom is -0.462 e. The Morgan fingerprint density at radius 3 is 2.60 bits per heavy atom. The monoisotopic (exact) mass is 305 g/mol. The zero-order chi connectivity index (χ0) is 15.3. The average Bonchev–Trinajstić information content (AvgIpc) is 2.36. The molecule has 4 nitrogen and oxygen atoms in total. The van der Waals surface area contributed by atoms with Gasteiger partial charge in [-0.25, -0.2) is 4.79 Å². The Kier molecular flexibility index (Phi) is 5.42. The molecular weight excluding hydrogens is 295 g/mol. The van der Waals surface area contributed by atoms with Crippen molar-refractivity contribution >= 4 is 17.7 Å². The third-order valence-electron chi connectivity index (χ3n) is 2.21. The molecule has 1 rings (SSSR count). The number of halogens is 3. The van der Waals surface area contributed by atoms with Crippen molar-refractivity contribution < 1.29 is 27.8 Å². The maximum absolute atomic E-state index is 12.4. The first-order valence-corrected chi connectivity index (χ1v) is 6.24. The summed E-state index contributed by atoms with van der Waals surface area (Å²) in [6.45, 7) is 0.904. The summed E-state index contributed by atoms with van der Waals surface area (Å²) in [5, 5.41) is 18.0. The summed E-state index contributed by atoms with van der Waals surface area (Å²) in [5.41, 5.74) is -5.03. The van der Waals surface area contributed by atoms with Gasteiger partial charge in [-0.1, -0.05) is 0 Å². The van der Waals surface area contributed by atoms with Gasteiger partial charge in [0.25, 0.3) is 0 Å². The summed E-state index contributed by atoms with van der Waals surface area (Å²) in [4.78, 5) is 11.3. The Morgan fingerprint density at radius 1 is 1.50 bits per heavy atom. The Morgan fingerprint density at radius 2 is 2.15 bits per heavy atom. The second-order valence-electron chi connectivity index (χ2n) is 3.54. The molecule has 0 saturated heterocycles. The second kappa shape index (κ2) is 6.63. The van der Waals surface area contributed by atoms with Crippen LogP contribution in [0.4, 0.5) is 13.2 Å². The third kappa shape index (κ3) is 4.15. The Balaban J connectivity index is 3.34. The lowest BCUT2D eigenvalue weighted by molar-refractivity contribution is -0.0328. The molecule has 0 amide bonds. The molecule has 0 saturated carbocycles. The highest BCUT2D eigenvalue weighted by molar-refractivity contribution is 8.00. The van der Waals surface area contributed by atoms with Crippen LogP contribution in [-0.2, 0) is 11.3 Å². The van der Waals surface area contributed by atoms with Crippen LogP contribution in [0.25, 0.3) is 0 Å². The van der Waals surface area contributed by atoms with Gasteiger partial charge < -0.3 is 9.84 Å². The van der Waals surface area contributed by atoms with Crippen molar-refractivity contribution in [3.8, 4) is 6.07 Å². The van der Waals surface area contributed by atoms with Crippen molar-refractivity contribution in [2.75, 3.05) is 6.61 Å². The highest BCUT2D eigenvalue weighted by atomic mass is 32.2. The highest BCUT2D eigenvalue weighted by Crippen LogP contribution is 2.39. The van der Waals surface area contributed by atoms with Gasteiger partial charge in [-0.3, -0.25) is 0 Å². The molecule has 0 bridgehead atoms. The van der Waals surface area contributed by atoms with E-state index in [-0.39, 0.29) is 28.2 Å². The molecule has 0 spiro atoms. The lowest BCUT2D eigenvalue weighted by Gasteiger charge is -2.12. The van der Waals surface area contributed by atoms with E-state index in [0.717, 1.165) is 12.1 Å². The van der Waals surface area contributed by atoms with E-state index in [0.29, 0.717) is 0 Å². The van der Waals surface area contributed by atoms with Gasteiger partial charge in [0.05, 0.1) is 24.3 Å². The maximum atomic E-state index is 12.4. The van der Waals surface area contributed by atoms with Crippen LogP contribution in [0, 0.1) is 11.3 Å². The Labute approximate surface area is 117 Å². The van der Waals surface area contributed by atoms with E-state index >= 15 is 0 Å². The number of ether oxygens (including phenoxy) is 1. The molecule has 0 heterocycles. The number of carbonyl (C=O) groups excluding carboxylic acids is 1. The Bertz CT molecular complexity index is 552. The van der Waals surface area contributed by atoms with Gasteiger partial charge >= 0.3 is 11.5 Å². The summed E-state index contributed by atoms with van der Waals surface area (Å²) in [6, 6.07) is 3.67. The first kappa shape index (κ1) is 16.3. The van der Waals surface area contributed by atoms with E-state index in [2.05, 4.69) is 4.74 Å². The quantitative estimate of drug-likeness (QED) is 0.684. The summed E-state index contributed by atoms with van der Waals surface area (Å²) in [7, 11) is 0. The number of rotatable bonds is 4. The smallest absolute Gasteiger partial charge is 0.446 e. The maximum Gasteiger partial charge on any atom is 0.446 e. The number of benzene rings is 1. The van der Waals surface area contributed by atoms with Crippen molar-refractivity contribution in [3.05, 3.63) is 28.8 Å². The Hall–Kier alpha value is -1.72. The van der Waals surface area contributed by atoms with Crippen molar-refractivity contribution in [2.24, 2.45) is 0 Å². The molecular formula is C12H10F3NO3S. The van der Waals surface area contributed by atoms with Crippen LogP contribution in [0.1, 0.15) is 28.4 Å². The zero-order valence-electron chi connectivity index (χ0n) is 10.3. The van der Waals surface area contributed by atoms with Crippen molar-refractivity contribution in [3.63, 3.8) is 0 Å². The molecule has 1 N–H and O–H groups in total. The van der Waals surface area contributed by atoms with Gasteiger partial charge in [0.1, 0.15) is 6.07 Å². The molecule has 0 aliphatic rings. The molecule has 0 unspecified atom stereocenters. The molecule has 108 valence electrons. The van der Waals surface area contributed by atoms with Crippen LogP contribution in [0.15, 0.2) is 17.0 Å². The lowest BCUT2D eigenvalue weighted by Crippen LogP contribution is -2.09. The fourth-order valence-corrected chi connectivity index (χ4v) is 2.12. The molecule has 1 aromatic carbocycles. The van der Waals surface area contributed by atoms with E-state index in [1.54, 1.807) is 6.07 Å². The molecule has 0 aliphatic heterocycles. The van der Waals surface area contributed by atoms with Gasteiger partial charge in [-0.05, 0) is 36.4 Å². The predicted molar refractivity (Wildman–Crippen MR) is 64.9 cm³/mol. The van der Waals surface area contributed by atoms with Gasteiger partial charge in [-0.15, -0.1) is 0 Å². The molecule has 0 fully saturated rings. The van der Waals surface area contributed by atoms with Crippen molar-refractivity contribution in [1.82, 2.24) is 0 Å². The SMILES string of the molecule is CCOC(=O)c1cc(SC(F)(F)F)c(CO)cc1C#N. The summed E-state index contributed by atoms with van der Waals surface area (Å²) >= 11 is -0.456. The number of hydrogen-bond acceptors (Lipinski definition) is 5. The number of aliphatic hydroxyl groups is 1. The second-order valence-corrected chi connectivity index (χ2v) is 4.65. The number of esters is 1. The van der Waals surface area contributed by atoms with Crippen LogP contribution in [0.5, 0.6) is 0 Å². The van der Waals surface area contributed by atoms with Crippen LogP contribution < -0.4 is 0 Å². The number of thioether (sulfide) groups is 1. The van der Waals surface area contributed by atoms with E-state index < -0.39 is 29.8 Å². The lowest BCUT2D eigenvalue weighted by atomic mass is 10.0. The minimum atomic E-state index is -4.57. The first-order valence-electron chi connectivity index (χ1n) is 5.43. The van der Waals surface area contributed by atoms with Crippen molar-refractivity contribution in [2.45, 2.75) is 23.9 Å². The standard InChI is InChI=1S/C12H10F3NO3S/c1-2-19-11(18)9-4-10(20-12(13,14)15)8(6-17)3-7(9)5-16/h3-4,17H,2,6H2,1H3. The first-order chi connectivity index (χ1) is 9.32. The van der Waals surface area contributed by atoms with E-state index in [4.69, 9.17) is 10.4 Å². The number of alkyl halides is 3. The van der Waals surface area contributed by atoms with Gasteiger partial charge in [-0.2, -0.15) is 18.4 Å². The third-order valence-corrected chi connectivity index (χ3v) is 3.04. The van der Waals surface area contributed by atoms with Crippen LogP contribution in [0.2, 0.25) is 0 Å². The molecule has 0 atom stereocenters. The minimum absolute atomic E-state index is 0.0349. The molecule has 8 heteroatoms. The van der Waals surface area contributed by atoms with E-state index in [1.165, 1.54) is 6.92 Å². The summed E-state index contributed by atoms with van der Waals surface area (Å²) in [6.07, 6.45) is 0. The number of aliphatic hydroxyl groups excluding tert-OH is 1. The number of nitriles is 1. The predicted octanol–water partition coefficient (Wildman–Crippen LogP) is 2.84. The fourth-order valence-electron chi connectivity index (χ4n) is 1.44. The van der Waals surface area contributed by atoms with Crippen LogP contribution in [-0.4, -0.2) is 23.2 Å². The summed E-state index contributed by atoms with van der Waals surface area (Å²) < 4.78 is 41.9. The number of nitrogens with zero attached hydrogens (tertiary/aromatic N) is 1. The van der Waals surface area contributed by atoms with Crippen LogP contribution >= 0.6 is 11.8 Å². The number of hydrogen-bond donors (Lipinski definition) is 1. The normalized spacial score (nSPS) is 11.0. The fraction of sp³-hybridized carbons (Fsp3) is 0.333. The van der Waals surface area contributed by atoms with Crippen LogP contribution in [0.3, 0.4) is 0 Å². The number of carbonyl (C=O) groups is 1. The molecule has 0 radical (unpaired) electrons. The molecule has 0 aliphatic carbocycles. The van der Waals surface area contributed by atoms with E-state index in [9.17, 15) is 18.0 Å². The molecule has 20 heavy (non-hydrogen) atoms. The van der Waals surface area contributed by atoms with Gasteiger partial charge in [0.2, 0.25) is 0 Å². The molecule has 1 aromatic rings. The zero-order valence-corrected chi connectivity index (χ0v) is 11.1. The van der Waals surface area contributed by atoms with Gasteiger partial charge in [0.15, 0.2) is 0 Å². The highest BCUT2D eigenvalue weighted by Gasteiger charge is 2.31. The van der Waals surface area contributed by atoms with Gasteiger partial charge in [0, 0.05) is 4.90 Å². The molecule has 0 aromatic heterocycles. The average molecular weight is 305 g/mol. The summed E-state index contributed by atoms with van der Waals surface area (Å²) in [5.74, 6) is -0.877. The largest absolute Gasteiger partial charge is 0.462 e. The van der Waals surface area contributed by atoms with Crippen molar-refractivity contribution in [1.29, 1.82) is 5.26 Å².